The highest BCUT2D eigenvalue weighted by molar-refractivity contribution is 5.95. The van der Waals surface area contributed by atoms with Gasteiger partial charge in [-0.05, 0) is 37.4 Å². The molecule has 1 saturated carbocycles. The molecule has 3 N–H and O–H groups in total. The van der Waals surface area contributed by atoms with Gasteiger partial charge in [0, 0.05) is 12.6 Å². The standard InChI is InChI=1S/C15H23N3O2/c1-10-6-11(10)8-18(2)9-15(19)17-14-5-4-12(20-3)7-13(14)16/h4-5,7,10-11H,6,8-9,16H2,1-3H3,(H,17,19). The molecule has 5 nitrogen and oxygen atoms in total. The molecule has 2 unspecified atom stereocenters. The predicted molar refractivity (Wildman–Crippen MR) is 80.8 cm³/mol. The van der Waals surface area contributed by atoms with Crippen LogP contribution in [-0.2, 0) is 4.79 Å². The van der Waals surface area contributed by atoms with Crippen molar-refractivity contribution in [2.45, 2.75) is 13.3 Å². The molecule has 1 aromatic carbocycles. The molecule has 110 valence electrons. The Morgan fingerprint density at radius 2 is 2.25 bits per heavy atom. The molecule has 0 radical (unpaired) electrons. The molecule has 5 heteroatoms. The zero-order valence-corrected chi connectivity index (χ0v) is 12.3. The van der Waals surface area contributed by atoms with E-state index in [-0.39, 0.29) is 5.91 Å². The summed E-state index contributed by atoms with van der Waals surface area (Å²) in [6, 6.07) is 5.24. The molecule has 2 atom stereocenters. The van der Waals surface area contributed by atoms with Crippen LogP contribution in [0.4, 0.5) is 11.4 Å². The second-order valence-corrected chi connectivity index (χ2v) is 5.67. The minimum Gasteiger partial charge on any atom is -0.497 e. The van der Waals surface area contributed by atoms with Crippen molar-refractivity contribution in [3.63, 3.8) is 0 Å². The van der Waals surface area contributed by atoms with Crippen LogP contribution in [0.15, 0.2) is 18.2 Å². The number of ether oxygens (including phenoxy) is 1. The van der Waals surface area contributed by atoms with Crippen molar-refractivity contribution in [1.29, 1.82) is 0 Å². The minimum absolute atomic E-state index is 0.0438. The van der Waals surface area contributed by atoms with Gasteiger partial charge in [-0.2, -0.15) is 0 Å². The molecule has 2 rings (SSSR count). The van der Waals surface area contributed by atoms with Crippen LogP contribution in [-0.4, -0.2) is 38.1 Å². The summed E-state index contributed by atoms with van der Waals surface area (Å²) < 4.78 is 5.08. The molecule has 0 aromatic heterocycles. The van der Waals surface area contributed by atoms with E-state index in [2.05, 4.69) is 17.1 Å². The fourth-order valence-corrected chi connectivity index (χ4v) is 2.33. The summed E-state index contributed by atoms with van der Waals surface area (Å²) >= 11 is 0. The summed E-state index contributed by atoms with van der Waals surface area (Å²) in [7, 11) is 3.56. The van der Waals surface area contributed by atoms with Crippen LogP contribution in [0, 0.1) is 11.8 Å². The number of hydrogen-bond acceptors (Lipinski definition) is 4. The van der Waals surface area contributed by atoms with Crippen molar-refractivity contribution >= 4 is 17.3 Å². The summed E-state index contributed by atoms with van der Waals surface area (Å²) in [4.78, 5) is 14.0. The number of nitrogen functional groups attached to an aromatic ring is 1. The molecular weight excluding hydrogens is 254 g/mol. The summed E-state index contributed by atoms with van der Waals surface area (Å²) in [5.74, 6) is 2.19. The van der Waals surface area contributed by atoms with Crippen LogP contribution in [0.2, 0.25) is 0 Å². The largest absolute Gasteiger partial charge is 0.497 e. The number of rotatable bonds is 6. The third-order valence-corrected chi connectivity index (χ3v) is 3.77. The van der Waals surface area contributed by atoms with Gasteiger partial charge in [0.15, 0.2) is 0 Å². The molecule has 0 bridgehead atoms. The van der Waals surface area contributed by atoms with E-state index in [0.717, 1.165) is 18.4 Å². The Hall–Kier alpha value is -1.75. The summed E-state index contributed by atoms with van der Waals surface area (Å²) in [5.41, 5.74) is 7.02. The molecule has 0 aliphatic heterocycles. The number of nitrogens with zero attached hydrogens (tertiary/aromatic N) is 1. The first-order valence-corrected chi connectivity index (χ1v) is 6.91. The summed E-state index contributed by atoms with van der Waals surface area (Å²) in [6.07, 6.45) is 1.28. The maximum atomic E-state index is 12.0. The fourth-order valence-electron chi connectivity index (χ4n) is 2.33. The van der Waals surface area contributed by atoms with Gasteiger partial charge < -0.3 is 15.8 Å². The lowest BCUT2D eigenvalue weighted by atomic mass is 10.2. The number of nitrogens with two attached hydrogens (primary N) is 1. The Kier molecular flexibility index (Phi) is 4.49. The van der Waals surface area contributed by atoms with Crippen LogP contribution < -0.4 is 15.8 Å². The molecule has 1 fully saturated rings. The first-order valence-electron chi connectivity index (χ1n) is 6.91. The van der Waals surface area contributed by atoms with Gasteiger partial charge in [-0.3, -0.25) is 9.69 Å². The number of carbonyl (C=O) groups excluding carboxylic acids is 1. The van der Waals surface area contributed by atoms with Gasteiger partial charge in [-0.15, -0.1) is 0 Å². The maximum absolute atomic E-state index is 12.0. The summed E-state index contributed by atoms with van der Waals surface area (Å²) in [6.45, 7) is 3.61. The zero-order valence-electron chi connectivity index (χ0n) is 12.3. The number of methoxy groups -OCH3 is 1. The highest BCUT2D eigenvalue weighted by atomic mass is 16.5. The Bertz CT molecular complexity index is 490. The van der Waals surface area contributed by atoms with E-state index in [1.165, 1.54) is 6.42 Å². The second-order valence-electron chi connectivity index (χ2n) is 5.67. The monoisotopic (exact) mass is 277 g/mol. The topological polar surface area (TPSA) is 67.6 Å². The highest BCUT2D eigenvalue weighted by Crippen LogP contribution is 2.37. The molecule has 0 heterocycles. The quantitative estimate of drug-likeness (QED) is 0.778. The van der Waals surface area contributed by atoms with Gasteiger partial charge >= 0.3 is 0 Å². The van der Waals surface area contributed by atoms with Crippen LogP contribution in [0.5, 0.6) is 5.75 Å². The number of benzene rings is 1. The normalized spacial score (nSPS) is 20.8. The van der Waals surface area contributed by atoms with E-state index in [1.54, 1.807) is 25.3 Å². The average Bonchev–Trinajstić information content (AvgIpc) is 3.06. The first-order chi connectivity index (χ1) is 9.49. The Morgan fingerprint density at radius 3 is 2.80 bits per heavy atom. The van der Waals surface area contributed by atoms with Crippen LogP contribution >= 0.6 is 0 Å². The third kappa shape index (κ3) is 3.87. The molecule has 1 amide bonds. The van der Waals surface area contributed by atoms with Crippen LogP contribution in [0.1, 0.15) is 13.3 Å². The van der Waals surface area contributed by atoms with Crippen molar-refractivity contribution < 1.29 is 9.53 Å². The maximum Gasteiger partial charge on any atom is 0.238 e. The second kappa shape index (κ2) is 6.13. The van der Waals surface area contributed by atoms with Gasteiger partial charge in [-0.25, -0.2) is 0 Å². The number of nitrogens with one attached hydrogen (secondary N) is 1. The molecule has 0 spiro atoms. The minimum atomic E-state index is -0.0438. The van der Waals surface area contributed by atoms with E-state index < -0.39 is 0 Å². The number of carbonyl (C=O) groups is 1. The van der Waals surface area contributed by atoms with Crippen molar-refractivity contribution in [2.24, 2.45) is 11.8 Å². The van der Waals surface area contributed by atoms with Gasteiger partial charge in [0.1, 0.15) is 5.75 Å². The lowest BCUT2D eigenvalue weighted by Crippen LogP contribution is -2.32. The van der Waals surface area contributed by atoms with Gasteiger partial charge in [0.05, 0.1) is 25.0 Å². The van der Waals surface area contributed by atoms with Gasteiger partial charge in [0.2, 0.25) is 5.91 Å². The molecule has 1 aliphatic carbocycles. The molecular formula is C15H23N3O2. The van der Waals surface area contributed by atoms with Crippen molar-refractivity contribution in [2.75, 3.05) is 38.3 Å². The number of hydrogen-bond donors (Lipinski definition) is 2. The predicted octanol–water partition coefficient (Wildman–Crippen LogP) is 1.80. The van der Waals surface area contributed by atoms with Crippen molar-refractivity contribution in [3.05, 3.63) is 18.2 Å². The number of anilines is 2. The lowest BCUT2D eigenvalue weighted by molar-refractivity contribution is -0.117. The number of amides is 1. The van der Waals surface area contributed by atoms with Crippen LogP contribution in [0.25, 0.3) is 0 Å². The highest BCUT2D eigenvalue weighted by Gasteiger charge is 2.33. The summed E-state index contributed by atoms with van der Waals surface area (Å²) in [5, 5.41) is 2.84. The Morgan fingerprint density at radius 1 is 1.55 bits per heavy atom. The average molecular weight is 277 g/mol. The SMILES string of the molecule is COc1ccc(NC(=O)CN(C)CC2CC2C)c(N)c1. The molecule has 1 aliphatic rings. The first kappa shape index (κ1) is 14.7. The molecule has 0 saturated heterocycles. The van der Waals surface area contributed by atoms with Crippen molar-refractivity contribution in [1.82, 2.24) is 4.90 Å². The fraction of sp³-hybridized carbons (Fsp3) is 0.533. The third-order valence-electron chi connectivity index (χ3n) is 3.77. The van der Waals surface area contributed by atoms with Crippen LogP contribution in [0.3, 0.4) is 0 Å². The molecule has 1 aromatic rings. The van der Waals surface area contributed by atoms with E-state index in [4.69, 9.17) is 10.5 Å². The lowest BCUT2D eigenvalue weighted by Gasteiger charge is -2.16. The molecule has 20 heavy (non-hydrogen) atoms. The van der Waals surface area contributed by atoms with E-state index in [9.17, 15) is 4.79 Å². The Labute approximate surface area is 120 Å². The van der Waals surface area contributed by atoms with Gasteiger partial charge in [0.25, 0.3) is 0 Å². The van der Waals surface area contributed by atoms with Gasteiger partial charge in [-0.1, -0.05) is 6.92 Å². The van der Waals surface area contributed by atoms with Crippen molar-refractivity contribution in [3.8, 4) is 5.75 Å². The Balaban J connectivity index is 1.84. The van der Waals surface area contributed by atoms with E-state index in [0.29, 0.717) is 23.7 Å². The van der Waals surface area contributed by atoms with E-state index >= 15 is 0 Å². The zero-order chi connectivity index (χ0) is 14.7. The smallest absolute Gasteiger partial charge is 0.238 e. The number of likely N-dealkylation sites (N-methyl/N-ethyl adjacent to an activating group) is 1. The van der Waals surface area contributed by atoms with E-state index in [1.807, 2.05) is 7.05 Å².